The Morgan fingerprint density at radius 2 is 2.06 bits per heavy atom. The number of carbonyl (C=O) groups is 1. The molecule has 3 nitrogen and oxygen atoms in total. The van der Waals surface area contributed by atoms with E-state index in [0.29, 0.717) is 13.0 Å². The average Bonchev–Trinajstić information content (AvgIpc) is 2.30. The van der Waals surface area contributed by atoms with Gasteiger partial charge in [0.15, 0.2) is 0 Å². The zero-order valence-electron chi connectivity index (χ0n) is 11.0. The van der Waals surface area contributed by atoms with Crippen LogP contribution in [0.25, 0.3) is 0 Å². The first-order chi connectivity index (χ1) is 8.02. The van der Waals surface area contributed by atoms with Crippen molar-refractivity contribution in [2.45, 2.75) is 40.2 Å². The molecule has 1 atom stereocenters. The van der Waals surface area contributed by atoms with Gasteiger partial charge in [-0.05, 0) is 44.0 Å². The molecule has 0 unspecified atom stereocenters. The van der Waals surface area contributed by atoms with Crippen molar-refractivity contribution in [1.82, 2.24) is 5.32 Å². The highest BCUT2D eigenvalue weighted by Gasteiger charge is 2.06. The molecule has 0 saturated heterocycles. The van der Waals surface area contributed by atoms with Gasteiger partial charge in [-0.15, -0.1) is 0 Å². The van der Waals surface area contributed by atoms with Crippen LogP contribution in [0.2, 0.25) is 0 Å². The lowest BCUT2D eigenvalue weighted by Crippen LogP contribution is -2.36. The summed E-state index contributed by atoms with van der Waals surface area (Å²) in [5.41, 5.74) is 2.47. The molecule has 1 N–H and O–H groups in total. The van der Waals surface area contributed by atoms with E-state index in [1.807, 2.05) is 32.0 Å². The van der Waals surface area contributed by atoms with Crippen LogP contribution in [0.3, 0.4) is 0 Å². The molecule has 1 rings (SSSR count). The van der Waals surface area contributed by atoms with Gasteiger partial charge in [0.05, 0.1) is 6.04 Å². The summed E-state index contributed by atoms with van der Waals surface area (Å²) in [6.07, 6.45) is 0.508. The number of rotatable bonds is 5. The van der Waals surface area contributed by atoms with Crippen LogP contribution in [-0.4, -0.2) is 18.6 Å². The minimum Gasteiger partial charge on any atom is -0.491 e. The fourth-order valence-corrected chi connectivity index (χ4v) is 1.44. The second kappa shape index (κ2) is 6.28. The van der Waals surface area contributed by atoms with Gasteiger partial charge in [-0.25, -0.2) is 0 Å². The molecule has 0 radical (unpaired) electrons. The third kappa shape index (κ3) is 4.47. The van der Waals surface area contributed by atoms with Crippen molar-refractivity contribution in [3.63, 3.8) is 0 Å². The van der Waals surface area contributed by atoms with E-state index in [4.69, 9.17) is 4.74 Å². The summed E-state index contributed by atoms with van der Waals surface area (Å²) in [6.45, 7) is 8.41. The van der Waals surface area contributed by atoms with E-state index >= 15 is 0 Å². The lowest BCUT2D eigenvalue weighted by molar-refractivity contribution is -0.121. The zero-order valence-corrected chi connectivity index (χ0v) is 11.0. The van der Waals surface area contributed by atoms with Crippen LogP contribution in [0.4, 0.5) is 0 Å². The van der Waals surface area contributed by atoms with E-state index in [1.165, 1.54) is 11.1 Å². The summed E-state index contributed by atoms with van der Waals surface area (Å²) in [5.74, 6) is 0.909. The third-order valence-electron chi connectivity index (χ3n) is 2.71. The van der Waals surface area contributed by atoms with E-state index < -0.39 is 0 Å². The third-order valence-corrected chi connectivity index (χ3v) is 2.71. The molecule has 1 aromatic carbocycles. The van der Waals surface area contributed by atoms with Crippen molar-refractivity contribution < 1.29 is 9.53 Å². The van der Waals surface area contributed by atoms with Gasteiger partial charge in [0, 0.05) is 6.42 Å². The number of aryl methyl sites for hydroxylation is 2. The highest BCUT2D eigenvalue weighted by atomic mass is 16.5. The molecule has 94 valence electrons. The van der Waals surface area contributed by atoms with Crippen molar-refractivity contribution in [3.05, 3.63) is 29.3 Å². The van der Waals surface area contributed by atoms with Crippen LogP contribution in [-0.2, 0) is 4.79 Å². The van der Waals surface area contributed by atoms with Crippen LogP contribution in [0.5, 0.6) is 5.75 Å². The van der Waals surface area contributed by atoms with Crippen LogP contribution in [0.1, 0.15) is 31.4 Å². The van der Waals surface area contributed by atoms with Gasteiger partial charge >= 0.3 is 0 Å². The first-order valence-corrected chi connectivity index (χ1v) is 6.02. The Hall–Kier alpha value is -1.51. The molecule has 3 heteroatoms. The van der Waals surface area contributed by atoms with Crippen LogP contribution in [0, 0.1) is 13.8 Å². The van der Waals surface area contributed by atoms with Gasteiger partial charge in [0.1, 0.15) is 12.4 Å². The van der Waals surface area contributed by atoms with Gasteiger partial charge in [0.25, 0.3) is 0 Å². The molecule has 0 heterocycles. The van der Waals surface area contributed by atoms with E-state index in [-0.39, 0.29) is 11.9 Å². The molecule has 0 aliphatic heterocycles. The summed E-state index contributed by atoms with van der Waals surface area (Å²) in [7, 11) is 0. The average molecular weight is 235 g/mol. The fourth-order valence-electron chi connectivity index (χ4n) is 1.44. The molecule has 0 fully saturated rings. The number of ether oxygens (including phenoxy) is 1. The lowest BCUT2D eigenvalue weighted by Gasteiger charge is -2.15. The maximum Gasteiger partial charge on any atom is 0.220 e. The number of amides is 1. The molecule has 0 aliphatic carbocycles. The summed E-state index contributed by atoms with van der Waals surface area (Å²) in [5, 5.41) is 2.86. The monoisotopic (exact) mass is 235 g/mol. The molecule has 0 aromatic heterocycles. The maximum absolute atomic E-state index is 11.2. The minimum absolute atomic E-state index is 0.0315. The molecular formula is C14H21NO2. The molecule has 17 heavy (non-hydrogen) atoms. The van der Waals surface area contributed by atoms with Gasteiger partial charge in [-0.1, -0.05) is 13.0 Å². The van der Waals surface area contributed by atoms with Crippen molar-refractivity contribution >= 4 is 5.91 Å². The highest BCUT2D eigenvalue weighted by Crippen LogP contribution is 2.16. The molecule has 1 amide bonds. The van der Waals surface area contributed by atoms with Crippen molar-refractivity contribution in [1.29, 1.82) is 0 Å². The zero-order chi connectivity index (χ0) is 12.8. The van der Waals surface area contributed by atoms with Gasteiger partial charge in [-0.3, -0.25) is 4.79 Å². The van der Waals surface area contributed by atoms with E-state index in [1.54, 1.807) is 0 Å². The SMILES string of the molecule is CCC(=O)N[C@H](C)COc1ccc(C)c(C)c1. The molecule has 0 saturated carbocycles. The highest BCUT2D eigenvalue weighted by molar-refractivity contribution is 5.75. The first-order valence-electron chi connectivity index (χ1n) is 6.02. The van der Waals surface area contributed by atoms with Crippen LogP contribution in [0.15, 0.2) is 18.2 Å². The smallest absolute Gasteiger partial charge is 0.220 e. The summed E-state index contributed by atoms with van der Waals surface area (Å²) in [4.78, 5) is 11.2. The summed E-state index contributed by atoms with van der Waals surface area (Å²) < 4.78 is 5.63. The van der Waals surface area contributed by atoms with Crippen LogP contribution < -0.4 is 10.1 Å². The van der Waals surface area contributed by atoms with E-state index in [9.17, 15) is 4.79 Å². The largest absolute Gasteiger partial charge is 0.491 e. The first kappa shape index (κ1) is 13.6. The minimum atomic E-state index is 0.0315. The van der Waals surface area contributed by atoms with Gasteiger partial charge in [0.2, 0.25) is 5.91 Å². The molecule has 0 aliphatic rings. The van der Waals surface area contributed by atoms with Gasteiger partial charge < -0.3 is 10.1 Å². The number of benzene rings is 1. The van der Waals surface area contributed by atoms with Crippen molar-refractivity contribution in [3.8, 4) is 5.75 Å². The Kier molecular flexibility index (Phi) is 5.01. The number of nitrogens with one attached hydrogen (secondary N) is 1. The topological polar surface area (TPSA) is 38.3 Å². The standard InChI is InChI=1S/C14H21NO2/c1-5-14(16)15-12(4)9-17-13-7-6-10(2)11(3)8-13/h6-8,12H,5,9H2,1-4H3,(H,15,16)/t12-/m1/s1. The molecular weight excluding hydrogens is 214 g/mol. The van der Waals surface area contributed by atoms with Crippen LogP contribution >= 0.6 is 0 Å². The Morgan fingerprint density at radius 3 is 2.65 bits per heavy atom. The number of carbonyl (C=O) groups excluding carboxylic acids is 1. The second-order valence-corrected chi connectivity index (χ2v) is 4.38. The summed E-state index contributed by atoms with van der Waals surface area (Å²) in [6, 6.07) is 6.05. The molecule has 0 bridgehead atoms. The predicted molar refractivity (Wildman–Crippen MR) is 69.3 cm³/mol. The number of hydrogen-bond donors (Lipinski definition) is 1. The quantitative estimate of drug-likeness (QED) is 0.852. The summed E-state index contributed by atoms with van der Waals surface area (Å²) >= 11 is 0. The lowest BCUT2D eigenvalue weighted by atomic mass is 10.1. The molecule has 1 aromatic rings. The maximum atomic E-state index is 11.2. The van der Waals surface area contributed by atoms with E-state index in [0.717, 1.165) is 5.75 Å². The van der Waals surface area contributed by atoms with Crippen molar-refractivity contribution in [2.24, 2.45) is 0 Å². The van der Waals surface area contributed by atoms with E-state index in [2.05, 4.69) is 19.2 Å². The second-order valence-electron chi connectivity index (χ2n) is 4.38. The Labute approximate surface area is 103 Å². The Balaban J connectivity index is 2.44. The molecule has 0 spiro atoms. The van der Waals surface area contributed by atoms with Gasteiger partial charge in [-0.2, -0.15) is 0 Å². The normalized spacial score (nSPS) is 12.0. The Morgan fingerprint density at radius 1 is 1.35 bits per heavy atom. The fraction of sp³-hybridized carbons (Fsp3) is 0.500. The predicted octanol–water partition coefficient (Wildman–Crippen LogP) is 2.60. The number of hydrogen-bond acceptors (Lipinski definition) is 2. The Bertz CT molecular complexity index is 388. The van der Waals surface area contributed by atoms with Crippen molar-refractivity contribution in [2.75, 3.05) is 6.61 Å².